The largest absolute Gasteiger partial charge is 0.478 e. The van der Waals surface area contributed by atoms with Gasteiger partial charge in [-0.1, -0.05) is 24.3 Å². The maximum Gasteiger partial charge on any atom is 0.336 e. The SMILES string of the molecule is O=C(O)C1=CSC23C=CC=CC2N=CC=C13. The van der Waals surface area contributed by atoms with E-state index in [1.165, 1.54) is 11.8 Å². The average molecular weight is 231 g/mol. The number of hydrogen-bond acceptors (Lipinski definition) is 3. The number of carboxylic acids is 1. The van der Waals surface area contributed by atoms with Crippen LogP contribution >= 0.6 is 11.8 Å². The smallest absolute Gasteiger partial charge is 0.336 e. The highest BCUT2D eigenvalue weighted by molar-refractivity contribution is 8.04. The first-order chi connectivity index (χ1) is 7.74. The van der Waals surface area contributed by atoms with E-state index >= 15 is 0 Å². The molecule has 0 saturated carbocycles. The van der Waals surface area contributed by atoms with Crippen LogP contribution in [0.5, 0.6) is 0 Å². The van der Waals surface area contributed by atoms with Crippen LogP contribution in [-0.2, 0) is 4.79 Å². The summed E-state index contributed by atoms with van der Waals surface area (Å²) in [7, 11) is 0. The second-order valence-electron chi connectivity index (χ2n) is 3.81. The van der Waals surface area contributed by atoms with Gasteiger partial charge in [0.1, 0.15) is 0 Å². The summed E-state index contributed by atoms with van der Waals surface area (Å²) in [6, 6.07) is 0.00981. The molecule has 3 aliphatic rings. The maximum atomic E-state index is 11.1. The molecular formula is C12H9NO2S. The van der Waals surface area contributed by atoms with Gasteiger partial charge in [-0.05, 0) is 17.1 Å². The quantitative estimate of drug-likeness (QED) is 0.750. The van der Waals surface area contributed by atoms with Crippen LogP contribution < -0.4 is 0 Å². The van der Waals surface area contributed by atoms with Crippen LogP contribution in [0.1, 0.15) is 0 Å². The standard InChI is InChI=1S/C12H9NO2S/c14-11(15)8-7-16-12-5-2-1-3-10(12)13-6-4-9(8)12/h1-7,10H,(H,14,15). The van der Waals surface area contributed by atoms with Crippen molar-refractivity contribution in [2.75, 3.05) is 0 Å². The van der Waals surface area contributed by atoms with Gasteiger partial charge < -0.3 is 5.11 Å². The third kappa shape index (κ3) is 1.10. The second kappa shape index (κ2) is 3.22. The minimum Gasteiger partial charge on any atom is -0.478 e. The molecule has 4 heteroatoms. The minimum absolute atomic E-state index is 0.00981. The summed E-state index contributed by atoms with van der Waals surface area (Å²) in [6.07, 6.45) is 11.5. The Labute approximate surface area is 97.0 Å². The predicted octanol–water partition coefficient (Wildman–Crippen LogP) is 1.95. The van der Waals surface area contributed by atoms with Crippen molar-refractivity contribution < 1.29 is 9.90 Å². The summed E-state index contributed by atoms with van der Waals surface area (Å²) in [5.41, 5.74) is 1.24. The Hall–Kier alpha value is -1.55. The number of rotatable bonds is 1. The van der Waals surface area contributed by atoms with Crippen LogP contribution in [0.4, 0.5) is 0 Å². The van der Waals surface area contributed by atoms with Gasteiger partial charge in [0.05, 0.1) is 16.4 Å². The first-order valence-electron chi connectivity index (χ1n) is 4.96. The number of hydrogen-bond donors (Lipinski definition) is 1. The molecule has 0 amide bonds. The topological polar surface area (TPSA) is 49.7 Å². The molecule has 0 radical (unpaired) electrons. The van der Waals surface area contributed by atoms with Crippen LogP contribution in [0, 0.1) is 0 Å². The van der Waals surface area contributed by atoms with Crippen LogP contribution in [0.2, 0.25) is 0 Å². The fourth-order valence-electron chi connectivity index (χ4n) is 2.22. The monoisotopic (exact) mass is 231 g/mol. The lowest BCUT2D eigenvalue weighted by Gasteiger charge is -2.35. The normalized spacial score (nSPS) is 34.1. The average Bonchev–Trinajstić information content (AvgIpc) is 2.66. The lowest BCUT2D eigenvalue weighted by molar-refractivity contribution is -0.132. The molecule has 0 saturated heterocycles. The molecule has 2 aliphatic heterocycles. The van der Waals surface area contributed by atoms with E-state index in [1.807, 2.05) is 24.3 Å². The Kier molecular flexibility index (Phi) is 1.94. The number of aliphatic imine (C=N–C) groups is 1. The highest BCUT2D eigenvalue weighted by Crippen LogP contribution is 2.51. The molecule has 2 atom stereocenters. The van der Waals surface area contributed by atoms with Gasteiger partial charge in [-0.15, -0.1) is 11.8 Å². The van der Waals surface area contributed by atoms with Crippen molar-refractivity contribution in [3.05, 3.63) is 46.9 Å². The zero-order chi connectivity index (χ0) is 11.2. The van der Waals surface area contributed by atoms with Gasteiger partial charge in [0, 0.05) is 6.21 Å². The third-order valence-corrected chi connectivity index (χ3v) is 4.33. The number of dihydropyridines is 1. The first-order valence-corrected chi connectivity index (χ1v) is 5.83. The summed E-state index contributed by atoms with van der Waals surface area (Å²) < 4.78 is -0.322. The molecule has 80 valence electrons. The van der Waals surface area contributed by atoms with Crippen molar-refractivity contribution in [1.82, 2.24) is 0 Å². The van der Waals surface area contributed by atoms with Crippen molar-refractivity contribution in [3.8, 4) is 0 Å². The molecule has 2 heterocycles. The molecule has 2 unspecified atom stereocenters. The molecule has 1 aliphatic carbocycles. The van der Waals surface area contributed by atoms with Crippen LogP contribution in [-0.4, -0.2) is 28.1 Å². The summed E-state index contributed by atoms with van der Waals surface area (Å²) in [4.78, 5) is 15.5. The maximum absolute atomic E-state index is 11.1. The van der Waals surface area contributed by atoms with Crippen LogP contribution in [0.25, 0.3) is 0 Å². The highest BCUT2D eigenvalue weighted by Gasteiger charge is 2.47. The van der Waals surface area contributed by atoms with E-state index in [1.54, 1.807) is 17.7 Å². The van der Waals surface area contributed by atoms with E-state index in [4.69, 9.17) is 5.11 Å². The minimum atomic E-state index is -0.868. The van der Waals surface area contributed by atoms with Gasteiger partial charge >= 0.3 is 5.97 Å². The molecule has 0 aromatic carbocycles. The van der Waals surface area contributed by atoms with E-state index < -0.39 is 5.97 Å². The van der Waals surface area contributed by atoms with E-state index in [2.05, 4.69) is 4.99 Å². The number of nitrogens with zero attached hydrogens (tertiary/aromatic N) is 1. The molecule has 0 aromatic rings. The molecule has 0 aromatic heterocycles. The lowest BCUT2D eigenvalue weighted by atomic mass is 9.82. The van der Waals surface area contributed by atoms with Crippen molar-refractivity contribution in [2.24, 2.45) is 4.99 Å². The molecule has 3 rings (SSSR count). The Morgan fingerprint density at radius 1 is 1.50 bits per heavy atom. The van der Waals surface area contributed by atoms with Crippen molar-refractivity contribution in [3.63, 3.8) is 0 Å². The summed E-state index contributed by atoms with van der Waals surface area (Å²) in [5, 5.41) is 10.9. The Balaban J connectivity index is 2.12. The van der Waals surface area contributed by atoms with E-state index in [9.17, 15) is 4.79 Å². The number of thioether (sulfide) groups is 1. The molecular weight excluding hydrogens is 222 g/mol. The second-order valence-corrected chi connectivity index (χ2v) is 4.96. The van der Waals surface area contributed by atoms with Crippen LogP contribution in [0.3, 0.4) is 0 Å². The zero-order valence-corrected chi connectivity index (χ0v) is 9.15. The van der Waals surface area contributed by atoms with Gasteiger partial charge in [-0.3, -0.25) is 4.99 Å². The van der Waals surface area contributed by atoms with E-state index in [0.29, 0.717) is 5.57 Å². The lowest BCUT2D eigenvalue weighted by Crippen LogP contribution is -2.38. The zero-order valence-electron chi connectivity index (χ0n) is 8.33. The first kappa shape index (κ1) is 9.66. The molecule has 1 spiro atoms. The summed E-state index contributed by atoms with van der Waals surface area (Å²) >= 11 is 1.53. The molecule has 0 bridgehead atoms. The molecule has 1 N–H and O–H groups in total. The molecule has 3 nitrogen and oxygen atoms in total. The Bertz CT molecular complexity index is 513. The molecule has 16 heavy (non-hydrogen) atoms. The van der Waals surface area contributed by atoms with Gasteiger partial charge in [0.25, 0.3) is 0 Å². The third-order valence-electron chi connectivity index (χ3n) is 2.99. The van der Waals surface area contributed by atoms with E-state index in [0.717, 1.165) is 5.57 Å². The van der Waals surface area contributed by atoms with Gasteiger partial charge in [-0.25, -0.2) is 4.79 Å². The van der Waals surface area contributed by atoms with E-state index in [-0.39, 0.29) is 10.8 Å². The summed E-state index contributed by atoms with van der Waals surface area (Å²) in [6.45, 7) is 0. The van der Waals surface area contributed by atoms with Crippen molar-refractivity contribution >= 4 is 23.9 Å². The predicted molar refractivity (Wildman–Crippen MR) is 64.7 cm³/mol. The fraction of sp³-hybridized carbons (Fsp3) is 0.167. The van der Waals surface area contributed by atoms with Gasteiger partial charge in [0.15, 0.2) is 0 Å². The number of carboxylic acid groups (broad SMARTS) is 1. The highest BCUT2D eigenvalue weighted by atomic mass is 32.2. The molecule has 0 fully saturated rings. The van der Waals surface area contributed by atoms with Gasteiger partial charge in [-0.2, -0.15) is 0 Å². The van der Waals surface area contributed by atoms with Crippen molar-refractivity contribution in [2.45, 2.75) is 10.8 Å². The van der Waals surface area contributed by atoms with Crippen LogP contribution in [0.15, 0.2) is 51.9 Å². The Morgan fingerprint density at radius 2 is 2.38 bits per heavy atom. The number of allylic oxidation sites excluding steroid dienone is 3. The summed E-state index contributed by atoms with van der Waals surface area (Å²) in [5.74, 6) is -0.868. The Morgan fingerprint density at radius 3 is 3.19 bits per heavy atom. The fourth-order valence-corrected chi connectivity index (χ4v) is 3.50. The van der Waals surface area contributed by atoms with Gasteiger partial charge in [0.2, 0.25) is 0 Å². The number of aliphatic carboxylic acids is 1. The van der Waals surface area contributed by atoms with Crippen molar-refractivity contribution in [1.29, 1.82) is 0 Å². The number of carbonyl (C=O) groups is 1.